The minimum Gasteiger partial charge on any atom is -0.393 e. The van der Waals surface area contributed by atoms with E-state index in [0.717, 1.165) is 19.4 Å². The fourth-order valence-electron chi connectivity index (χ4n) is 2.39. The van der Waals surface area contributed by atoms with Gasteiger partial charge in [0.1, 0.15) is 5.82 Å². The van der Waals surface area contributed by atoms with E-state index in [4.69, 9.17) is 11.6 Å². The first kappa shape index (κ1) is 15.1. The molecule has 6 heteroatoms. The number of nitrogens with one attached hydrogen (secondary N) is 1. The van der Waals surface area contributed by atoms with Crippen LogP contribution in [0.5, 0.6) is 0 Å². The van der Waals surface area contributed by atoms with Crippen LogP contribution in [-0.4, -0.2) is 47.1 Å². The number of pyridine rings is 1. The number of halogens is 1. The zero-order chi connectivity index (χ0) is 14.7. The molecule has 20 heavy (non-hydrogen) atoms. The zero-order valence-electron chi connectivity index (χ0n) is 11.8. The molecule has 0 unspecified atom stereocenters. The molecule has 110 valence electrons. The molecule has 0 spiro atoms. The van der Waals surface area contributed by atoms with Crippen LogP contribution in [0.4, 0.5) is 5.82 Å². The number of amides is 1. The Morgan fingerprint density at radius 1 is 1.60 bits per heavy atom. The molecule has 0 saturated heterocycles. The van der Waals surface area contributed by atoms with Crippen molar-refractivity contribution in [3.63, 3.8) is 0 Å². The van der Waals surface area contributed by atoms with Crippen LogP contribution >= 0.6 is 11.6 Å². The predicted molar refractivity (Wildman–Crippen MR) is 79.1 cm³/mol. The molecule has 0 bridgehead atoms. The number of carbonyl (C=O) groups excluding carboxylic acids is 1. The number of hydrogen-bond acceptors (Lipinski definition) is 4. The van der Waals surface area contributed by atoms with E-state index >= 15 is 0 Å². The average Bonchev–Trinajstić information content (AvgIpc) is 2.38. The highest BCUT2D eigenvalue weighted by Crippen LogP contribution is 2.28. The molecule has 1 saturated carbocycles. The van der Waals surface area contributed by atoms with Crippen molar-refractivity contribution >= 4 is 23.3 Å². The van der Waals surface area contributed by atoms with Crippen LogP contribution in [0.25, 0.3) is 0 Å². The average molecular weight is 298 g/mol. The molecule has 5 nitrogen and oxygen atoms in total. The second-order valence-corrected chi connectivity index (χ2v) is 5.67. The van der Waals surface area contributed by atoms with Gasteiger partial charge in [-0.25, -0.2) is 4.98 Å². The van der Waals surface area contributed by atoms with Crippen molar-refractivity contribution in [2.75, 3.05) is 25.5 Å². The van der Waals surface area contributed by atoms with Crippen LogP contribution in [0.3, 0.4) is 0 Å². The number of aromatic nitrogens is 1. The summed E-state index contributed by atoms with van der Waals surface area (Å²) in [6, 6.07) is 1.64. The lowest BCUT2D eigenvalue weighted by Crippen LogP contribution is -2.39. The van der Waals surface area contributed by atoms with Gasteiger partial charge in [-0.1, -0.05) is 11.6 Å². The van der Waals surface area contributed by atoms with Gasteiger partial charge in [-0.2, -0.15) is 0 Å². The fourth-order valence-corrected chi connectivity index (χ4v) is 2.63. The molecule has 1 amide bonds. The number of hydrogen-bond donors (Lipinski definition) is 2. The van der Waals surface area contributed by atoms with Gasteiger partial charge in [-0.3, -0.25) is 4.79 Å². The smallest absolute Gasteiger partial charge is 0.255 e. The molecule has 0 aromatic carbocycles. The molecule has 1 fully saturated rings. The number of aliphatic hydroxyl groups excluding tert-OH is 1. The molecule has 0 radical (unpaired) electrons. The topological polar surface area (TPSA) is 65.5 Å². The summed E-state index contributed by atoms with van der Waals surface area (Å²) in [6.45, 7) is 3.34. The van der Waals surface area contributed by atoms with E-state index < -0.39 is 0 Å². The van der Waals surface area contributed by atoms with Crippen LogP contribution in [0.1, 0.15) is 30.1 Å². The summed E-state index contributed by atoms with van der Waals surface area (Å²) in [5.74, 6) is 0.891. The first-order valence-electron chi connectivity index (χ1n) is 6.84. The van der Waals surface area contributed by atoms with Crippen LogP contribution in [0.15, 0.2) is 12.3 Å². The van der Waals surface area contributed by atoms with E-state index in [2.05, 4.69) is 10.3 Å². The third-order valence-corrected chi connectivity index (χ3v) is 3.81. The summed E-state index contributed by atoms with van der Waals surface area (Å²) in [6.07, 6.45) is 2.89. The third-order valence-electron chi connectivity index (χ3n) is 3.52. The van der Waals surface area contributed by atoms with Gasteiger partial charge in [0.25, 0.3) is 5.91 Å². The molecule has 2 N–H and O–H groups in total. The van der Waals surface area contributed by atoms with Crippen LogP contribution in [0.2, 0.25) is 5.02 Å². The van der Waals surface area contributed by atoms with Gasteiger partial charge in [0.05, 0.1) is 16.7 Å². The SMILES string of the molecule is CCNc1ncc(C(=O)N(C)CC2CC(O)C2)cc1Cl. The Morgan fingerprint density at radius 2 is 2.30 bits per heavy atom. The minimum atomic E-state index is -0.195. The second-order valence-electron chi connectivity index (χ2n) is 5.26. The van der Waals surface area contributed by atoms with E-state index in [1.54, 1.807) is 24.2 Å². The van der Waals surface area contributed by atoms with Crippen molar-refractivity contribution in [2.24, 2.45) is 5.92 Å². The Bertz CT molecular complexity index is 489. The van der Waals surface area contributed by atoms with Crippen molar-refractivity contribution in [3.8, 4) is 0 Å². The van der Waals surface area contributed by atoms with Gasteiger partial charge in [0.2, 0.25) is 0 Å². The summed E-state index contributed by atoms with van der Waals surface area (Å²) in [4.78, 5) is 18.1. The van der Waals surface area contributed by atoms with E-state index in [1.165, 1.54) is 0 Å². The van der Waals surface area contributed by atoms with Crippen LogP contribution in [0, 0.1) is 5.92 Å². The van der Waals surface area contributed by atoms with Gasteiger partial charge in [-0.05, 0) is 31.7 Å². The van der Waals surface area contributed by atoms with Gasteiger partial charge in [-0.15, -0.1) is 0 Å². The van der Waals surface area contributed by atoms with E-state index in [0.29, 0.717) is 28.9 Å². The Hall–Kier alpha value is -1.33. The van der Waals surface area contributed by atoms with Crippen molar-refractivity contribution in [1.82, 2.24) is 9.88 Å². The Balaban J connectivity index is 1.99. The molecule has 2 rings (SSSR count). The molecule has 0 aliphatic heterocycles. The van der Waals surface area contributed by atoms with Gasteiger partial charge in [0.15, 0.2) is 0 Å². The third kappa shape index (κ3) is 3.41. The largest absolute Gasteiger partial charge is 0.393 e. The molecule has 1 heterocycles. The molecular formula is C14H20ClN3O2. The number of nitrogens with zero attached hydrogens (tertiary/aromatic N) is 2. The fraction of sp³-hybridized carbons (Fsp3) is 0.571. The maximum Gasteiger partial charge on any atom is 0.255 e. The monoisotopic (exact) mass is 297 g/mol. The minimum absolute atomic E-state index is 0.0937. The summed E-state index contributed by atoms with van der Waals surface area (Å²) >= 11 is 6.09. The van der Waals surface area contributed by atoms with Crippen molar-refractivity contribution in [2.45, 2.75) is 25.9 Å². The molecule has 1 aliphatic carbocycles. The Labute approximate surface area is 123 Å². The lowest BCUT2D eigenvalue weighted by molar-refractivity contribution is 0.0265. The molecule has 1 aromatic rings. The quantitative estimate of drug-likeness (QED) is 0.872. The van der Waals surface area contributed by atoms with E-state index in [9.17, 15) is 9.90 Å². The number of rotatable bonds is 5. The lowest BCUT2D eigenvalue weighted by atomic mass is 9.82. The van der Waals surface area contributed by atoms with Crippen molar-refractivity contribution in [1.29, 1.82) is 0 Å². The maximum absolute atomic E-state index is 12.3. The Morgan fingerprint density at radius 3 is 2.85 bits per heavy atom. The predicted octanol–water partition coefficient (Wildman–Crippen LogP) is 2.01. The standard InChI is InChI=1S/C14H20ClN3O2/c1-3-16-13-12(15)6-10(7-17-13)14(20)18(2)8-9-4-11(19)5-9/h6-7,9,11,19H,3-5,8H2,1-2H3,(H,16,17). The highest BCUT2D eigenvalue weighted by Gasteiger charge is 2.29. The first-order chi connectivity index (χ1) is 9.51. The molecule has 0 atom stereocenters. The zero-order valence-corrected chi connectivity index (χ0v) is 12.5. The molecule has 1 aromatic heterocycles. The van der Waals surface area contributed by atoms with Crippen LogP contribution < -0.4 is 5.32 Å². The summed E-state index contributed by atoms with van der Waals surface area (Å²) in [7, 11) is 1.76. The van der Waals surface area contributed by atoms with E-state index in [1.807, 2.05) is 6.92 Å². The summed E-state index contributed by atoms with van der Waals surface area (Å²) < 4.78 is 0. The van der Waals surface area contributed by atoms with Crippen LogP contribution in [-0.2, 0) is 0 Å². The highest BCUT2D eigenvalue weighted by molar-refractivity contribution is 6.33. The normalized spacial score (nSPS) is 21.2. The summed E-state index contributed by atoms with van der Waals surface area (Å²) in [5, 5.41) is 12.7. The summed E-state index contributed by atoms with van der Waals surface area (Å²) in [5.41, 5.74) is 0.485. The number of anilines is 1. The number of carbonyl (C=O) groups is 1. The van der Waals surface area contributed by atoms with Gasteiger partial charge >= 0.3 is 0 Å². The highest BCUT2D eigenvalue weighted by atomic mass is 35.5. The van der Waals surface area contributed by atoms with Gasteiger partial charge in [0, 0.05) is 26.3 Å². The van der Waals surface area contributed by atoms with E-state index in [-0.39, 0.29) is 12.0 Å². The van der Waals surface area contributed by atoms with Crippen molar-refractivity contribution in [3.05, 3.63) is 22.8 Å². The van der Waals surface area contributed by atoms with Gasteiger partial charge < -0.3 is 15.3 Å². The maximum atomic E-state index is 12.3. The second kappa shape index (κ2) is 6.41. The number of aliphatic hydroxyl groups is 1. The Kier molecular flexibility index (Phi) is 4.83. The molecule has 1 aliphatic rings. The lowest BCUT2D eigenvalue weighted by Gasteiger charge is -2.34. The molecular weight excluding hydrogens is 278 g/mol. The first-order valence-corrected chi connectivity index (χ1v) is 7.22. The van der Waals surface area contributed by atoms with Crippen molar-refractivity contribution < 1.29 is 9.90 Å².